The van der Waals surface area contributed by atoms with Gasteiger partial charge >= 0.3 is 0 Å². The molecule has 6 heteroatoms. The average molecular weight is 300 g/mol. The number of thiophene rings is 1. The smallest absolute Gasteiger partial charge is 0.195 e. The molecule has 4 nitrogen and oxygen atoms in total. The van der Waals surface area contributed by atoms with Crippen molar-refractivity contribution < 1.29 is 4.39 Å². The Kier molecular flexibility index (Phi) is 3.70. The number of hydrogen-bond acceptors (Lipinski definition) is 5. The van der Waals surface area contributed by atoms with Crippen molar-refractivity contribution in [1.29, 1.82) is 0 Å². The fraction of sp³-hybridized carbons (Fsp3) is 0.200. The zero-order chi connectivity index (χ0) is 14.8. The molecule has 2 aromatic heterocycles. The van der Waals surface area contributed by atoms with E-state index in [1.54, 1.807) is 23.5 Å². The summed E-state index contributed by atoms with van der Waals surface area (Å²) >= 11 is 1.63. The first-order valence-electron chi connectivity index (χ1n) is 6.48. The van der Waals surface area contributed by atoms with Crippen LogP contribution in [0, 0.1) is 19.7 Å². The van der Waals surface area contributed by atoms with Crippen LogP contribution in [0.5, 0.6) is 0 Å². The average Bonchev–Trinajstić information content (AvgIpc) is 2.78. The summed E-state index contributed by atoms with van der Waals surface area (Å²) in [6, 6.07) is 6.23. The molecule has 106 valence electrons. The summed E-state index contributed by atoms with van der Waals surface area (Å²) in [6.07, 6.45) is 1.51. The molecule has 0 N–H and O–H groups in total. The Balaban J connectivity index is 1.86. The predicted molar refractivity (Wildman–Crippen MR) is 81.5 cm³/mol. The second-order valence-electron chi connectivity index (χ2n) is 4.68. The standard InChI is InChI=1S/C15H13FN4S/c1-9-10(2)21-14-13(9)17-8-18-15(14)20-19-7-11-3-5-12(16)6-4-11/h3-6,8H,7H2,1-2H3. The SMILES string of the molecule is Cc1sc2c(N=NCc3ccc(F)cc3)ncnc2c1C. The molecule has 0 fully saturated rings. The third kappa shape index (κ3) is 2.80. The fourth-order valence-electron chi connectivity index (χ4n) is 1.97. The highest BCUT2D eigenvalue weighted by Crippen LogP contribution is 2.33. The van der Waals surface area contributed by atoms with E-state index in [1.165, 1.54) is 23.3 Å². The van der Waals surface area contributed by atoms with Gasteiger partial charge in [0.2, 0.25) is 0 Å². The first kappa shape index (κ1) is 13.8. The molecule has 0 saturated carbocycles. The molecule has 0 spiro atoms. The monoisotopic (exact) mass is 300 g/mol. The zero-order valence-electron chi connectivity index (χ0n) is 11.7. The lowest BCUT2D eigenvalue weighted by Crippen LogP contribution is -1.82. The highest BCUT2D eigenvalue weighted by molar-refractivity contribution is 7.19. The van der Waals surface area contributed by atoms with Crippen LogP contribution in [-0.4, -0.2) is 9.97 Å². The van der Waals surface area contributed by atoms with E-state index in [4.69, 9.17) is 0 Å². The molecule has 0 atom stereocenters. The van der Waals surface area contributed by atoms with E-state index in [0.717, 1.165) is 21.3 Å². The lowest BCUT2D eigenvalue weighted by atomic mass is 10.2. The molecule has 3 aromatic rings. The first-order chi connectivity index (χ1) is 10.1. The Morgan fingerprint density at radius 2 is 1.90 bits per heavy atom. The lowest BCUT2D eigenvalue weighted by Gasteiger charge is -1.96. The molecule has 3 rings (SSSR count). The number of halogens is 1. The first-order valence-corrected chi connectivity index (χ1v) is 7.29. The van der Waals surface area contributed by atoms with Crippen LogP contribution in [0.25, 0.3) is 10.2 Å². The van der Waals surface area contributed by atoms with Gasteiger partial charge in [0.05, 0.1) is 16.8 Å². The van der Waals surface area contributed by atoms with Gasteiger partial charge in [0.1, 0.15) is 12.1 Å². The van der Waals surface area contributed by atoms with Gasteiger partial charge in [0.15, 0.2) is 5.82 Å². The topological polar surface area (TPSA) is 50.5 Å². The van der Waals surface area contributed by atoms with E-state index in [9.17, 15) is 4.39 Å². The van der Waals surface area contributed by atoms with Gasteiger partial charge in [-0.3, -0.25) is 0 Å². The van der Waals surface area contributed by atoms with E-state index < -0.39 is 0 Å². The molecular formula is C15H13FN4S. The van der Waals surface area contributed by atoms with Crippen molar-refractivity contribution in [2.45, 2.75) is 20.4 Å². The summed E-state index contributed by atoms with van der Waals surface area (Å²) in [5.74, 6) is 0.334. The summed E-state index contributed by atoms with van der Waals surface area (Å²) in [5.41, 5.74) is 3.00. The van der Waals surface area contributed by atoms with E-state index in [2.05, 4.69) is 27.1 Å². The minimum Gasteiger partial charge on any atom is -0.235 e. The minimum atomic E-state index is -0.252. The second kappa shape index (κ2) is 5.65. The third-order valence-corrected chi connectivity index (χ3v) is 4.45. The second-order valence-corrected chi connectivity index (χ2v) is 5.91. The molecule has 0 aliphatic heterocycles. The third-order valence-electron chi connectivity index (χ3n) is 3.26. The van der Waals surface area contributed by atoms with Crippen molar-refractivity contribution >= 4 is 27.4 Å². The summed E-state index contributed by atoms with van der Waals surface area (Å²) in [5, 5.41) is 8.35. The van der Waals surface area contributed by atoms with Crippen LogP contribution < -0.4 is 0 Å². The van der Waals surface area contributed by atoms with Gasteiger partial charge in [-0.25, -0.2) is 14.4 Å². The number of rotatable bonds is 3. The van der Waals surface area contributed by atoms with Gasteiger partial charge in [-0.15, -0.1) is 16.5 Å². The van der Waals surface area contributed by atoms with Crippen LogP contribution in [0.1, 0.15) is 16.0 Å². The highest BCUT2D eigenvalue weighted by atomic mass is 32.1. The zero-order valence-corrected chi connectivity index (χ0v) is 12.5. The Morgan fingerprint density at radius 1 is 1.14 bits per heavy atom. The molecule has 21 heavy (non-hydrogen) atoms. The van der Waals surface area contributed by atoms with Gasteiger partial charge in [-0.05, 0) is 37.1 Å². The van der Waals surface area contributed by atoms with Gasteiger partial charge in [-0.2, -0.15) is 5.11 Å². The van der Waals surface area contributed by atoms with Crippen molar-refractivity contribution in [1.82, 2.24) is 9.97 Å². The van der Waals surface area contributed by atoms with Crippen molar-refractivity contribution in [2.75, 3.05) is 0 Å². The van der Waals surface area contributed by atoms with Crippen LogP contribution in [0.15, 0.2) is 40.8 Å². The maximum absolute atomic E-state index is 12.8. The van der Waals surface area contributed by atoms with Crippen molar-refractivity contribution in [2.24, 2.45) is 10.2 Å². The Hall–Kier alpha value is -2.21. The highest BCUT2D eigenvalue weighted by Gasteiger charge is 2.10. The molecule has 1 aromatic carbocycles. The Labute approximate surface area is 125 Å². The number of fused-ring (bicyclic) bond motifs is 1. The number of hydrogen-bond donors (Lipinski definition) is 0. The molecule has 0 unspecified atom stereocenters. The van der Waals surface area contributed by atoms with E-state index in [0.29, 0.717) is 12.4 Å². The molecule has 0 radical (unpaired) electrons. The molecule has 0 saturated heterocycles. The quantitative estimate of drug-likeness (QED) is 0.656. The molecule has 0 aliphatic rings. The van der Waals surface area contributed by atoms with Crippen LogP contribution >= 0.6 is 11.3 Å². The summed E-state index contributed by atoms with van der Waals surface area (Å²) in [6.45, 7) is 4.50. The number of aryl methyl sites for hydroxylation is 2. The normalized spacial score (nSPS) is 11.6. The number of nitrogens with zero attached hydrogens (tertiary/aromatic N) is 4. The van der Waals surface area contributed by atoms with Crippen LogP contribution in [0.3, 0.4) is 0 Å². The fourth-order valence-corrected chi connectivity index (χ4v) is 3.01. The molecule has 0 bridgehead atoms. The van der Waals surface area contributed by atoms with Gasteiger partial charge in [0.25, 0.3) is 0 Å². The largest absolute Gasteiger partial charge is 0.235 e. The number of aromatic nitrogens is 2. The summed E-state index contributed by atoms with van der Waals surface area (Å²) in [4.78, 5) is 9.69. The Bertz CT molecular complexity index is 808. The summed E-state index contributed by atoms with van der Waals surface area (Å²) in [7, 11) is 0. The molecule has 2 heterocycles. The van der Waals surface area contributed by atoms with E-state index in [-0.39, 0.29) is 5.82 Å². The van der Waals surface area contributed by atoms with Crippen molar-refractivity contribution in [3.63, 3.8) is 0 Å². The van der Waals surface area contributed by atoms with E-state index >= 15 is 0 Å². The van der Waals surface area contributed by atoms with Gasteiger partial charge in [0, 0.05) is 4.88 Å². The lowest BCUT2D eigenvalue weighted by molar-refractivity contribution is 0.627. The Morgan fingerprint density at radius 3 is 2.67 bits per heavy atom. The molecule has 0 aliphatic carbocycles. The van der Waals surface area contributed by atoms with Crippen LogP contribution in [-0.2, 0) is 6.54 Å². The molecular weight excluding hydrogens is 287 g/mol. The van der Waals surface area contributed by atoms with E-state index in [1.807, 2.05) is 6.92 Å². The van der Waals surface area contributed by atoms with Crippen molar-refractivity contribution in [3.05, 3.63) is 52.4 Å². The summed E-state index contributed by atoms with van der Waals surface area (Å²) < 4.78 is 13.8. The predicted octanol–water partition coefficient (Wildman–Crippen LogP) is 4.73. The maximum atomic E-state index is 12.8. The van der Waals surface area contributed by atoms with Crippen LogP contribution in [0.2, 0.25) is 0 Å². The van der Waals surface area contributed by atoms with Crippen molar-refractivity contribution in [3.8, 4) is 0 Å². The minimum absolute atomic E-state index is 0.252. The number of azo groups is 1. The van der Waals surface area contributed by atoms with Gasteiger partial charge in [-0.1, -0.05) is 12.1 Å². The van der Waals surface area contributed by atoms with Crippen LogP contribution in [0.4, 0.5) is 10.2 Å². The molecule has 0 amide bonds. The van der Waals surface area contributed by atoms with Gasteiger partial charge < -0.3 is 0 Å². The maximum Gasteiger partial charge on any atom is 0.195 e. The number of benzene rings is 1.